The molecule has 2 aliphatic heterocycles. The molecule has 0 N–H and O–H groups in total. The highest BCUT2D eigenvalue weighted by molar-refractivity contribution is 5.79. The summed E-state index contributed by atoms with van der Waals surface area (Å²) in [6, 6.07) is 12.5. The molecule has 6 heteroatoms. The van der Waals surface area contributed by atoms with Gasteiger partial charge in [-0.1, -0.05) is 18.2 Å². The largest absolute Gasteiger partial charge is 0.376 e. The molecule has 2 aliphatic rings. The van der Waals surface area contributed by atoms with Gasteiger partial charge in [-0.3, -0.25) is 14.5 Å². The second kappa shape index (κ2) is 6.70. The lowest BCUT2D eigenvalue weighted by Crippen LogP contribution is -2.47. The van der Waals surface area contributed by atoms with E-state index in [1.165, 1.54) is 11.1 Å². The summed E-state index contributed by atoms with van der Waals surface area (Å²) in [6.45, 7) is 4.35. The summed E-state index contributed by atoms with van der Waals surface area (Å²) < 4.78 is 8.21. The molecule has 5 rings (SSSR count). The molecule has 0 amide bonds. The maximum Gasteiger partial charge on any atom is 0.208 e. The Morgan fingerprint density at radius 1 is 1.12 bits per heavy atom. The van der Waals surface area contributed by atoms with Crippen molar-refractivity contribution in [3.05, 3.63) is 54.4 Å². The lowest BCUT2D eigenvalue weighted by Gasteiger charge is -2.38. The minimum atomic E-state index is 0.307. The monoisotopic (exact) mass is 349 g/mol. The molecule has 0 saturated carbocycles. The Hall–Kier alpha value is -2.44. The Morgan fingerprint density at radius 3 is 2.92 bits per heavy atom. The van der Waals surface area contributed by atoms with E-state index in [0.29, 0.717) is 6.10 Å². The molecule has 6 nitrogen and oxygen atoms in total. The first-order chi connectivity index (χ1) is 12.9. The first-order valence-corrected chi connectivity index (χ1v) is 9.30. The third-order valence-electron chi connectivity index (χ3n) is 5.21. The number of hydrogen-bond acceptors (Lipinski definition) is 5. The van der Waals surface area contributed by atoms with Crippen LogP contribution in [0.1, 0.15) is 18.4 Å². The average molecular weight is 349 g/mol. The minimum Gasteiger partial charge on any atom is -0.376 e. The summed E-state index contributed by atoms with van der Waals surface area (Å²) in [5, 5.41) is 0. The summed E-state index contributed by atoms with van der Waals surface area (Å²) in [5.41, 5.74) is 3.48. The van der Waals surface area contributed by atoms with E-state index in [2.05, 4.69) is 49.7 Å². The van der Waals surface area contributed by atoms with Gasteiger partial charge in [0.2, 0.25) is 5.95 Å². The minimum absolute atomic E-state index is 0.307. The number of hydrogen-bond donors (Lipinski definition) is 0. The van der Waals surface area contributed by atoms with Gasteiger partial charge in [-0.2, -0.15) is 0 Å². The highest BCUT2D eigenvalue weighted by atomic mass is 16.5. The Kier molecular flexibility index (Phi) is 4.07. The van der Waals surface area contributed by atoms with E-state index in [1.807, 2.05) is 18.5 Å². The van der Waals surface area contributed by atoms with Crippen LogP contribution in [0.2, 0.25) is 0 Å². The number of anilines is 1. The molecule has 0 radical (unpaired) electrons. The van der Waals surface area contributed by atoms with Crippen LogP contribution in [-0.2, 0) is 18.0 Å². The van der Waals surface area contributed by atoms with Crippen LogP contribution in [0.3, 0.4) is 0 Å². The number of aromatic nitrogens is 3. The van der Waals surface area contributed by atoms with Crippen LogP contribution in [0.25, 0.3) is 11.0 Å². The van der Waals surface area contributed by atoms with Crippen LogP contribution in [-0.4, -0.2) is 45.4 Å². The van der Waals surface area contributed by atoms with E-state index in [-0.39, 0.29) is 0 Å². The van der Waals surface area contributed by atoms with Gasteiger partial charge in [-0.25, -0.2) is 4.98 Å². The number of imidazole rings is 1. The smallest absolute Gasteiger partial charge is 0.208 e. The van der Waals surface area contributed by atoms with Gasteiger partial charge in [-0.15, -0.1) is 0 Å². The molecular formula is C20H23N5O. The quantitative estimate of drug-likeness (QED) is 0.725. The molecule has 1 saturated heterocycles. The molecule has 26 heavy (non-hydrogen) atoms. The number of nitrogens with zero attached hydrogens (tertiary/aromatic N) is 5. The third-order valence-corrected chi connectivity index (χ3v) is 5.21. The highest BCUT2D eigenvalue weighted by Crippen LogP contribution is 2.28. The number of pyridine rings is 1. The summed E-state index contributed by atoms with van der Waals surface area (Å²) >= 11 is 0. The van der Waals surface area contributed by atoms with Gasteiger partial charge in [0.15, 0.2) is 0 Å². The van der Waals surface area contributed by atoms with E-state index >= 15 is 0 Å². The van der Waals surface area contributed by atoms with E-state index in [9.17, 15) is 0 Å². The van der Waals surface area contributed by atoms with E-state index in [0.717, 1.165) is 57.3 Å². The molecule has 2 aromatic heterocycles. The van der Waals surface area contributed by atoms with Crippen molar-refractivity contribution in [3.63, 3.8) is 0 Å². The zero-order valence-corrected chi connectivity index (χ0v) is 14.8. The summed E-state index contributed by atoms with van der Waals surface area (Å²) in [7, 11) is 0. The highest BCUT2D eigenvalue weighted by Gasteiger charge is 2.29. The van der Waals surface area contributed by atoms with Gasteiger partial charge in [0, 0.05) is 32.1 Å². The SMILES string of the molecule is c1cncc(CN2CN(CC3CCCO3)c3nc4ccccc4n3C2)c1. The van der Waals surface area contributed by atoms with Crippen molar-refractivity contribution in [2.24, 2.45) is 0 Å². The van der Waals surface area contributed by atoms with Gasteiger partial charge in [-0.05, 0) is 36.6 Å². The Balaban J connectivity index is 1.47. The summed E-state index contributed by atoms with van der Waals surface area (Å²) in [6.07, 6.45) is 6.38. The number of rotatable bonds is 4. The van der Waals surface area contributed by atoms with Crippen LogP contribution < -0.4 is 4.90 Å². The first-order valence-electron chi connectivity index (χ1n) is 9.30. The molecule has 1 fully saturated rings. The van der Waals surface area contributed by atoms with Gasteiger partial charge >= 0.3 is 0 Å². The number of para-hydroxylation sites is 2. The summed E-state index contributed by atoms with van der Waals surface area (Å²) in [4.78, 5) is 14.0. The lowest BCUT2D eigenvalue weighted by molar-refractivity contribution is 0.105. The molecule has 0 spiro atoms. The van der Waals surface area contributed by atoms with Crippen molar-refractivity contribution in [2.75, 3.05) is 24.7 Å². The van der Waals surface area contributed by atoms with Crippen LogP contribution in [0, 0.1) is 0 Å². The molecule has 3 aromatic rings. The van der Waals surface area contributed by atoms with Gasteiger partial charge in [0.1, 0.15) is 0 Å². The maximum absolute atomic E-state index is 5.89. The van der Waals surface area contributed by atoms with Crippen molar-refractivity contribution >= 4 is 17.0 Å². The molecule has 0 aliphatic carbocycles. The fraction of sp³-hybridized carbons (Fsp3) is 0.400. The number of fused-ring (bicyclic) bond motifs is 3. The standard InChI is InChI=1S/C20H23N5O/c1-2-8-19-18(7-1)22-20-24(13-17-6-4-10-26-17)14-23(15-25(19)20)12-16-5-3-9-21-11-16/h1-3,5,7-9,11,17H,4,6,10,12-15H2. The predicted octanol–water partition coefficient (Wildman–Crippen LogP) is 2.85. The zero-order chi connectivity index (χ0) is 17.3. The normalized spacial score (nSPS) is 20.6. The van der Waals surface area contributed by atoms with Crippen LogP contribution in [0.5, 0.6) is 0 Å². The van der Waals surface area contributed by atoms with E-state index in [4.69, 9.17) is 9.72 Å². The topological polar surface area (TPSA) is 46.4 Å². The van der Waals surface area contributed by atoms with Crippen LogP contribution >= 0.6 is 0 Å². The van der Waals surface area contributed by atoms with E-state index in [1.54, 1.807) is 0 Å². The fourth-order valence-corrected chi connectivity index (χ4v) is 4.02. The molecule has 1 aromatic carbocycles. The zero-order valence-electron chi connectivity index (χ0n) is 14.8. The molecule has 0 bridgehead atoms. The van der Waals surface area contributed by atoms with Crippen molar-refractivity contribution in [3.8, 4) is 0 Å². The Morgan fingerprint density at radius 2 is 2.08 bits per heavy atom. The van der Waals surface area contributed by atoms with Gasteiger partial charge in [0.25, 0.3) is 0 Å². The Bertz CT molecular complexity index is 888. The molecule has 1 atom stereocenters. The second-order valence-corrected chi connectivity index (χ2v) is 7.16. The maximum atomic E-state index is 5.89. The average Bonchev–Trinajstić information content (AvgIpc) is 3.31. The van der Waals surface area contributed by atoms with Crippen molar-refractivity contribution < 1.29 is 4.74 Å². The van der Waals surface area contributed by atoms with Gasteiger partial charge in [0.05, 0.1) is 30.5 Å². The fourth-order valence-electron chi connectivity index (χ4n) is 4.02. The van der Waals surface area contributed by atoms with Crippen molar-refractivity contribution in [1.82, 2.24) is 19.4 Å². The third kappa shape index (κ3) is 2.95. The number of benzene rings is 1. The van der Waals surface area contributed by atoms with Crippen molar-refractivity contribution in [1.29, 1.82) is 0 Å². The summed E-state index contributed by atoms with van der Waals surface area (Å²) in [5.74, 6) is 1.06. The van der Waals surface area contributed by atoms with Crippen LogP contribution in [0.4, 0.5) is 5.95 Å². The first kappa shape index (κ1) is 15.8. The predicted molar refractivity (Wildman–Crippen MR) is 101 cm³/mol. The molecule has 1 unspecified atom stereocenters. The Labute approximate surface area is 153 Å². The lowest BCUT2D eigenvalue weighted by atomic mass is 10.2. The molecular weight excluding hydrogens is 326 g/mol. The second-order valence-electron chi connectivity index (χ2n) is 7.16. The van der Waals surface area contributed by atoms with Crippen LogP contribution in [0.15, 0.2) is 48.8 Å². The molecule has 134 valence electrons. The van der Waals surface area contributed by atoms with Gasteiger partial charge < -0.3 is 9.64 Å². The van der Waals surface area contributed by atoms with E-state index < -0.39 is 0 Å². The number of ether oxygens (including phenoxy) is 1. The molecule has 4 heterocycles. The van der Waals surface area contributed by atoms with Crippen molar-refractivity contribution in [2.45, 2.75) is 32.2 Å².